The lowest BCUT2D eigenvalue weighted by Gasteiger charge is -2.67. The largest absolute Gasteiger partial charge is 0.460 e. The molecule has 1 saturated heterocycles. The van der Waals surface area contributed by atoms with Gasteiger partial charge in [0, 0.05) is 35.7 Å². The molecule has 58 heavy (non-hydrogen) atoms. The molecule has 3 aliphatic carbocycles. The van der Waals surface area contributed by atoms with Gasteiger partial charge in [0.15, 0.2) is 11.7 Å². The summed E-state index contributed by atoms with van der Waals surface area (Å²) in [6.45, 7) is 14.1. The first kappa shape index (κ1) is 42.9. The van der Waals surface area contributed by atoms with Gasteiger partial charge >= 0.3 is 23.9 Å². The molecule has 13 nitrogen and oxygen atoms in total. The molecule has 312 valence electrons. The van der Waals surface area contributed by atoms with Crippen molar-refractivity contribution in [1.82, 2.24) is 0 Å². The van der Waals surface area contributed by atoms with Crippen LogP contribution in [0.3, 0.4) is 0 Å². The molecule has 4 aliphatic rings. The fraction of sp³-hybridized carbons (Fsp3) is 0.556. The van der Waals surface area contributed by atoms with E-state index in [1.165, 1.54) is 26.0 Å². The molecule has 2 saturated carbocycles. The number of ketones is 2. The highest BCUT2D eigenvalue weighted by Crippen LogP contribution is 2.65. The van der Waals surface area contributed by atoms with E-state index in [1.807, 2.05) is 0 Å². The molecular formula is C45H54O13. The van der Waals surface area contributed by atoms with Crippen molar-refractivity contribution in [2.24, 2.45) is 22.7 Å². The fourth-order valence-corrected chi connectivity index (χ4v) is 9.90. The molecule has 2 bridgehead atoms. The van der Waals surface area contributed by atoms with E-state index in [2.05, 4.69) is 0 Å². The second-order valence-electron chi connectivity index (χ2n) is 18.1. The van der Waals surface area contributed by atoms with Crippen LogP contribution >= 0.6 is 0 Å². The second-order valence-corrected chi connectivity index (χ2v) is 18.1. The average molecular weight is 803 g/mol. The summed E-state index contributed by atoms with van der Waals surface area (Å²) in [5, 5.41) is 25.1. The average Bonchev–Trinajstić information content (AvgIpc) is 3.14. The number of fused-ring (bicyclic) bond motifs is 5. The van der Waals surface area contributed by atoms with E-state index in [0.29, 0.717) is 5.56 Å². The molecule has 1 heterocycles. The zero-order valence-corrected chi connectivity index (χ0v) is 34.5. The van der Waals surface area contributed by atoms with Gasteiger partial charge in [0.2, 0.25) is 11.6 Å². The van der Waals surface area contributed by atoms with Gasteiger partial charge in [-0.15, -0.1) is 0 Å². The zero-order valence-electron chi connectivity index (χ0n) is 34.5. The molecule has 2 N–H and O–H groups in total. The van der Waals surface area contributed by atoms with E-state index in [4.69, 9.17) is 23.7 Å². The molecular weight excluding hydrogens is 748 g/mol. The number of hydrogen-bond acceptors (Lipinski definition) is 13. The van der Waals surface area contributed by atoms with Crippen molar-refractivity contribution in [2.75, 3.05) is 6.61 Å². The molecule has 0 spiro atoms. The lowest BCUT2D eigenvalue weighted by atomic mass is 9.43. The first-order valence-corrected chi connectivity index (χ1v) is 19.7. The van der Waals surface area contributed by atoms with Crippen molar-refractivity contribution in [1.29, 1.82) is 0 Å². The molecule has 13 heteroatoms. The number of aliphatic hydroxyl groups excluding tert-OH is 1. The van der Waals surface area contributed by atoms with Crippen LogP contribution < -0.4 is 0 Å². The van der Waals surface area contributed by atoms with Crippen LogP contribution in [0, 0.1) is 22.7 Å². The van der Waals surface area contributed by atoms with E-state index in [1.54, 1.807) is 97.0 Å². The van der Waals surface area contributed by atoms with Crippen LogP contribution in [0.4, 0.5) is 0 Å². The zero-order chi connectivity index (χ0) is 42.7. The summed E-state index contributed by atoms with van der Waals surface area (Å²) in [6, 6.07) is 16.5. The van der Waals surface area contributed by atoms with Crippen LogP contribution in [0.25, 0.3) is 0 Å². The van der Waals surface area contributed by atoms with Crippen molar-refractivity contribution in [3.63, 3.8) is 0 Å². The Balaban J connectivity index is 1.49. The molecule has 2 aromatic carbocycles. The minimum Gasteiger partial charge on any atom is -0.460 e. The first-order chi connectivity index (χ1) is 27.0. The molecule has 1 unspecified atom stereocenters. The maximum atomic E-state index is 15.0. The van der Waals surface area contributed by atoms with E-state index in [9.17, 15) is 34.2 Å². The second kappa shape index (κ2) is 15.1. The summed E-state index contributed by atoms with van der Waals surface area (Å²) in [6.07, 6.45) is -6.41. The van der Waals surface area contributed by atoms with Gasteiger partial charge < -0.3 is 33.9 Å². The number of benzene rings is 2. The monoisotopic (exact) mass is 802 g/mol. The Morgan fingerprint density at radius 2 is 1.55 bits per heavy atom. The number of hydrogen-bond donors (Lipinski definition) is 2. The summed E-state index contributed by atoms with van der Waals surface area (Å²) in [7, 11) is 0. The topological polar surface area (TPSA) is 189 Å². The molecule has 0 radical (unpaired) electrons. The lowest BCUT2D eigenvalue weighted by Crippen LogP contribution is -2.80. The molecule has 3 fully saturated rings. The highest BCUT2D eigenvalue weighted by Gasteiger charge is 2.77. The third kappa shape index (κ3) is 7.08. The van der Waals surface area contributed by atoms with Crippen molar-refractivity contribution in [2.45, 2.75) is 129 Å². The minimum atomic E-state index is -2.29. The van der Waals surface area contributed by atoms with E-state index >= 15 is 4.79 Å². The third-order valence-corrected chi connectivity index (χ3v) is 13.1. The molecule has 6 rings (SSSR count). The Bertz CT molecular complexity index is 2020. The summed E-state index contributed by atoms with van der Waals surface area (Å²) in [4.78, 5) is 84.1. The normalized spacial score (nSPS) is 32.5. The Labute approximate surface area is 338 Å². The molecule has 2 aromatic rings. The number of ether oxygens (including phenoxy) is 5. The number of esters is 4. The SMILES string of the molecule is CC(=O)O[C@@]12CO[C@@H]1C[C@H](C)[C@@]1(C)C(=O)C(=O)C3=C(C)[C@@H](OC(=O)[C@H](O)[C@@H](CC(=O)OC(C)(C)C)c4ccccc4)C[C@@](O)([C@@H](OC(=O)c4ccccc4)C12)C3(C)C. The Morgan fingerprint density at radius 1 is 0.948 bits per heavy atom. The molecule has 0 amide bonds. The smallest absolute Gasteiger partial charge is 0.338 e. The number of rotatable bonds is 9. The fourth-order valence-electron chi connectivity index (χ4n) is 9.90. The van der Waals surface area contributed by atoms with Gasteiger partial charge in [-0.05, 0) is 63.3 Å². The molecule has 0 aromatic heterocycles. The van der Waals surface area contributed by atoms with Crippen molar-refractivity contribution in [3.05, 3.63) is 82.9 Å². The van der Waals surface area contributed by atoms with Gasteiger partial charge in [-0.2, -0.15) is 0 Å². The first-order valence-electron chi connectivity index (χ1n) is 19.7. The number of aliphatic hydroxyl groups is 2. The van der Waals surface area contributed by atoms with Crippen molar-refractivity contribution >= 4 is 35.4 Å². The van der Waals surface area contributed by atoms with Crippen molar-refractivity contribution in [3.8, 4) is 0 Å². The van der Waals surface area contributed by atoms with Gasteiger partial charge in [-0.3, -0.25) is 19.2 Å². The van der Waals surface area contributed by atoms with E-state index in [0.717, 1.165) is 0 Å². The van der Waals surface area contributed by atoms with Crippen LogP contribution in [0.1, 0.15) is 103 Å². The van der Waals surface area contributed by atoms with Gasteiger partial charge in [0.25, 0.3) is 0 Å². The Hall–Kier alpha value is -4.72. The summed E-state index contributed by atoms with van der Waals surface area (Å²) in [5.41, 5.74) is -7.42. The van der Waals surface area contributed by atoms with Gasteiger partial charge in [0.1, 0.15) is 29.5 Å². The highest BCUT2D eigenvalue weighted by molar-refractivity contribution is 6.46. The van der Waals surface area contributed by atoms with Crippen LogP contribution in [-0.4, -0.2) is 93.5 Å². The maximum absolute atomic E-state index is 15.0. The molecule has 10 atom stereocenters. The van der Waals surface area contributed by atoms with E-state index < -0.39 is 112 Å². The maximum Gasteiger partial charge on any atom is 0.338 e. The van der Waals surface area contributed by atoms with Crippen LogP contribution in [0.2, 0.25) is 0 Å². The lowest BCUT2D eigenvalue weighted by molar-refractivity contribution is -0.338. The molecule has 1 aliphatic heterocycles. The van der Waals surface area contributed by atoms with Crippen LogP contribution in [-0.2, 0) is 47.7 Å². The number of carbonyl (C=O) groups is 6. The van der Waals surface area contributed by atoms with Crippen LogP contribution in [0.5, 0.6) is 0 Å². The minimum absolute atomic E-state index is 0.131. The highest BCUT2D eigenvalue weighted by atomic mass is 16.6. The van der Waals surface area contributed by atoms with E-state index in [-0.39, 0.29) is 36.2 Å². The predicted molar refractivity (Wildman–Crippen MR) is 207 cm³/mol. The standard InChI is InChI=1S/C45H54O13/c1-24-20-31-44(23-54-31,57-26(3)46)36-38(56-39(51)28-18-14-11-15-19-28)45(53)22-30(25(2)33(42(45,7)8)35(49)37(50)43(24,36)9)55-40(52)34(48)29(27-16-12-10-13-17-27)21-32(47)58-41(4,5)6/h10-19,24,29-31,34,36,38,48,53H,20-23H2,1-9H3/t24-,29-,30-,31+,34+,36?,38-,43+,44-,45+/m0/s1. The predicted octanol–water partition coefficient (Wildman–Crippen LogP) is 4.99. The van der Waals surface area contributed by atoms with Gasteiger partial charge in [0.05, 0.1) is 24.5 Å². The quantitative estimate of drug-likeness (QED) is 0.196. The van der Waals surface area contributed by atoms with Gasteiger partial charge in [-0.1, -0.05) is 76.2 Å². The summed E-state index contributed by atoms with van der Waals surface area (Å²) >= 11 is 0. The van der Waals surface area contributed by atoms with Gasteiger partial charge in [-0.25, -0.2) is 9.59 Å². The number of carbonyl (C=O) groups excluding carboxylic acids is 6. The Kier molecular flexibility index (Phi) is 11.2. The number of Topliss-reactive ketones (excluding diaryl/α,β-unsaturated/α-hetero) is 2. The summed E-state index contributed by atoms with van der Waals surface area (Å²) < 4.78 is 30.0. The Morgan fingerprint density at radius 3 is 2.10 bits per heavy atom. The van der Waals surface area contributed by atoms with Crippen LogP contribution in [0.15, 0.2) is 71.8 Å². The van der Waals surface area contributed by atoms with Crippen molar-refractivity contribution < 1.29 is 62.7 Å². The third-order valence-electron chi connectivity index (χ3n) is 13.1. The summed E-state index contributed by atoms with van der Waals surface area (Å²) in [5.74, 6) is -8.19.